The highest BCUT2D eigenvalue weighted by atomic mass is 35.5. The third-order valence-corrected chi connectivity index (χ3v) is 4.85. The molecular formula is C19H29ClN2O2. The second-order valence-corrected chi connectivity index (χ2v) is 7.03. The number of benzene rings is 1. The van der Waals surface area contributed by atoms with Crippen LogP contribution in [0.25, 0.3) is 0 Å². The molecule has 4 nitrogen and oxygen atoms in total. The molecule has 0 radical (unpaired) electrons. The average molecular weight is 353 g/mol. The Morgan fingerprint density at radius 3 is 2.62 bits per heavy atom. The van der Waals surface area contributed by atoms with Gasteiger partial charge in [-0.1, -0.05) is 12.1 Å². The Morgan fingerprint density at radius 1 is 1.29 bits per heavy atom. The van der Waals surface area contributed by atoms with Crippen LogP contribution in [0.3, 0.4) is 0 Å². The molecule has 1 saturated heterocycles. The molecule has 5 heteroatoms. The van der Waals surface area contributed by atoms with Crippen molar-refractivity contribution >= 4 is 18.3 Å². The zero-order chi connectivity index (χ0) is 16.2. The zero-order valence-electron chi connectivity index (χ0n) is 14.7. The minimum absolute atomic E-state index is 0. The molecule has 1 unspecified atom stereocenters. The number of likely N-dealkylation sites (tertiary alicyclic amines) is 1. The van der Waals surface area contributed by atoms with Crippen LogP contribution in [0.15, 0.2) is 24.3 Å². The summed E-state index contributed by atoms with van der Waals surface area (Å²) in [6.07, 6.45) is 4.45. The van der Waals surface area contributed by atoms with Gasteiger partial charge in [-0.3, -0.25) is 4.79 Å². The number of hydrogen-bond acceptors (Lipinski definition) is 3. The standard InChI is InChI=1S/C19H28N2O2.ClH/c1-14-4-3-5-18(12-14)23-15(2)19(22)21-10-8-17(9-11-21)20-13-16-6-7-16;/h3-5,12,15-17,20H,6-11,13H2,1-2H3;1H. The molecular weight excluding hydrogens is 324 g/mol. The lowest BCUT2D eigenvalue weighted by Crippen LogP contribution is -2.48. The van der Waals surface area contributed by atoms with E-state index in [4.69, 9.17) is 4.74 Å². The normalized spacial score (nSPS) is 19.5. The summed E-state index contributed by atoms with van der Waals surface area (Å²) in [7, 11) is 0. The van der Waals surface area contributed by atoms with Gasteiger partial charge in [-0.25, -0.2) is 0 Å². The quantitative estimate of drug-likeness (QED) is 0.855. The molecule has 1 aliphatic heterocycles. The molecule has 1 amide bonds. The van der Waals surface area contributed by atoms with Crippen LogP contribution in [-0.2, 0) is 4.79 Å². The van der Waals surface area contributed by atoms with Gasteiger partial charge in [0.15, 0.2) is 6.10 Å². The minimum Gasteiger partial charge on any atom is -0.481 e. The molecule has 1 aromatic carbocycles. The first-order valence-corrected chi connectivity index (χ1v) is 8.87. The van der Waals surface area contributed by atoms with Gasteiger partial charge in [0.05, 0.1) is 0 Å². The van der Waals surface area contributed by atoms with E-state index in [2.05, 4.69) is 5.32 Å². The lowest BCUT2D eigenvalue weighted by Gasteiger charge is -2.34. The van der Waals surface area contributed by atoms with Crippen molar-refractivity contribution in [1.29, 1.82) is 0 Å². The van der Waals surface area contributed by atoms with Crippen molar-refractivity contribution in [2.45, 2.75) is 51.7 Å². The Morgan fingerprint density at radius 2 is 2.00 bits per heavy atom. The van der Waals surface area contributed by atoms with Crippen LogP contribution in [0.5, 0.6) is 5.75 Å². The smallest absolute Gasteiger partial charge is 0.263 e. The second kappa shape index (κ2) is 8.72. The fraction of sp³-hybridized carbons (Fsp3) is 0.632. The first kappa shape index (κ1) is 19.1. The number of hydrogen-bond donors (Lipinski definition) is 1. The van der Waals surface area contributed by atoms with E-state index in [1.165, 1.54) is 12.8 Å². The Balaban J connectivity index is 0.00000208. The van der Waals surface area contributed by atoms with Crippen LogP contribution in [0.4, 0.5) is 0 Å². The van der Waals surface area contributed by atoms with Crippen molar-refractivity contribution in [1.82, 2.24) is 10.2 Å². The van der Waals surface area contributed by atoms with E-state index in [9.17, 15) is 4.79 Å². The molecule has 2 aliphatic rings. The summed E-state index contributed by atoms with van der Waals surface area (Å²) in [5.74, 6) is 1.79. The number of halogens is 1. The number of piperidine rings is 1. The van der Waals surface area contributed by atoms with Gasteiger partial charge in [0, 0.05) is 19.1 Å². The summed E-state index contributed by atoms with van der Waals surface area (Å²) in [4.78, 5) is 14.5. The van der Waals surface area contributed by atoms with Crippen molar-refractivity contribution in [2.75, 3.05) is 19.6 Å². The highest BCUT2D eigenvalue weighted by molar-refractivity contribution is 5.85. The third kappa shape index (κ3) is 5.38. The molecule has 1 saturated carbocycles. The van der Waals surface area contributed by atoms with E-state index in [0.29, 0.717) is 6.04 Å². The molecule has 1 N–H and O–H groups in total. The van der Waals surface area contributed by atoms with E-state index in [1.54, 1.807) is 0 Å². The molecule has 2 fully saturated rings. The van der Waals surface area contributed by atoms with Gasteiger partial charge >= 0.3 is 0 Å². The number of ether oxygens (including phenoxy) is 1. The van der Waals surface area contributed by atoms with Crippen molar-refractivity contribution < 1.29 is 9.53 Å². The maximum Gasteiger partial charge on any atom is 0.263 e. The lowest BCUT2D eigenvalue weighted by molar-refractivity contribution is -0.139. The summed E-state index contributed by atoms with van der Waals surface area (Å²) < 4.78 is 5.82. The number of aryl methyl sites for hydroxylation is 1. The topological polar surface area (TPSA) is 41.6 Å². The number of nitrogens with one attached hydrogen (secondary N) is 1. The summed E-state index contributed by atoms with van der Waals surface area (Å²) >= 11 is 0. The summed E-state index contributed by atoms with van der Waals surface area (Å²) in [5, 5.41) is 3.65. The average Bonchev–Trinajstić information content (AvgIpc) is 3.37. The molecule has 1 atom stereocenters. The van der Waals surface area contributed by atoms with Gasteiger partial charge in [0.2, 0.25) is 0 Å². The Kier molecular flexibility index (Phi) is 6.93. The van der Waals surface area contributed by atoms with Crippen molar-refractivity contribution in [2.24, 2.45) is 5.92 Å². The molecule has 134 valence electrons. The molecule has 0 aromatic heterocycles. The Bertz CT molecular complexity index is 540. The van der Waals surface area contributed by atoms with E-state index in [1.807, 2.05) is 43.0 Å². The van der Waals surface area contributed by atoms with Gasteiger partial charge in [-0.05, 0) is 69.7 Å². The monoisotopic (exact) mass is 352 g/mol. The van der Waals surface area contributed by atoms with Gasteiger partial charge in [-0.2, -0.15) is 0 Å². The number of rotatable bonds is 6. The maximum absolute atomic E-state index is 12.6. The molecule has 24 heavy (non-hydrogen) atoms. The molecule has 1 aromatic rings. The van der Waals surface area contributed by atoms with Crippen LogP contribution in [0, 0.1) is 12.8 Å². The van der Waals surface area contributed by atoms with Crippen LogP contribution < -0.4 is 10.1 Å². The van der Waals surface area contributed by atoms with Gasteiger partial charge in [0.1, 0.15) is 5.75 Å². The van der Waals surface area contributed by atoms with Gasteiger partial charge in [-0.15, -0.1) is 12.4 Å². The van der Waals surface area contributed by atoms with E-state index in [0.717, 1.165) is 49.7 Å². The highest BCUT2D eigenvalue weighted by Crippen LogP contribution is 2.28. The number of amides is 1. The highest BCUT2D eigenvalue weighted by Gasteiger charge is 2.28. The van der Waals surface area contributed by atoms with Crippen LogP contribution >= 0.6 is 12.4 Å². The van der Waals surface area contributed by atoms with Gasteiger partial charge < -0.3 is 15.0 Å². The van der Waals surface area contributed by atoms with E-state index >= 15 is 0 Å². The predicted octanol–water partition coefficient (Wildman–Crippen LogP) is 3.17. The first-order chi connectivity index (χ1) is 11.1. The zero-order valence-corrected chi connectivity index (χ0v) is 15.5. The van der Waals surface area contributed by atoms with Crippen LogP contribution in [-0.4, -0.2) is 42.6 Å². The molecule has 3 rings (SSSR count). The number of carbonyl (C=O) groups is 1. The predicted molar refractivity (Wildman–Crippen MR) is 98.8 cm³/mol. The fourth-order valence-corrected chi connectivity index (χ4v) is 3.16. The summed E-state index contributed by atoms with van der Waals surface area (Å²) in [5.41, 5.74) is 1.14. The third-order valence-electron chi connectivity index (χ3n) is 4.85. The summed E-state index contributed by atoms with van der Waals surface area (Å²) in [6, 6.07) is 8.44. The Labute approximate surface area is 151 Å². The second-order valence-electron chi connectivity index (χ2n) is 7.03. The number of carbonyl (C=O) groups excluding carboxylic acids is 1. The first-order valence-electron chi connectivity index (χ1n) is 8.87. The SMILES string of the molecule is Cc1cccc(OC(C)C(=O)N2CCC(NCC3CC3)CC2)c1.Cl. The molecule has 1 heterocycles. The van der Waals surface area contributed by atoms with Crippen molar-refractivity contribution in [3.8, 4) is 5.75 Å². The van der Waals surface area contributed by atoms with Gasteiger partial charge in [0.25, 0.3) is 5.91 Å². The molecule has 1 aliphatic carbocycles. The fourth-order valence-electron chi connectivity index (χ4n) is 3.16. The molecule has 0 spiro atoms. The van der Waals surface area contributed by atoms with Crippen LogP contribution in [0.2, 0.25) is 0 Å². The largest absolute Gasteiger partial charge is 0.481 e. The van der Waals surface area contributed by atoms with E-state index < -0.39 is 6.10 Å². The van der Waals surface area contributed by atoms with Crippen LogP contribution in [0.1, 0.15) is 38.2 Å². The molecule has 0 bridgehead atoms. The Hall–Kier alpha value is -1.26. The van der Waals surface area contributed by atoms with E-state index in [-0.39, 0.29) is 18.3 Å². The minimum atomic E-state index is -0.423. The number of nitrogens with zero attached hydrogens (tertiary/aromatic N) is 1. The summed E-state index contributed by atoms with van der Waals surface area (Å²) in [6.45, 7) is 6.71. The van der Waals surface area contributed by atoms with Crippen molar-refractivity contribution in [3.05, 3.63) is 29.8 Å². The van der Waals surface area contributed by atoms with Crippen molar-refractivity contribution in [3.63, 3.8) is 0 Å². The maximum atomic E-state index is 12.6. The lowest BCUT2D eigenvalue weighted by atomic mass is 10.0.